The van der Waals surface area contributed by atoms with Gasteiger partial charge in [0.25, 0.3) is 0 Å². The first-order valence-electron chi connectivity index (χ1n) is 10.6. The number of hydrogen-bond acceptors (Lipinski definition) is 6. The van der Waals surface area contributed by atoms with E-state index >= 15 is 0 Å². The Labute approximate surface area is 181 Å². The van der Waals surface area contributed by atoms with Crippen LogP contribution in [0.5, 0.6) is 0 Å². The maximum Gasteiger partial charge on any atom is 0.397 e. The monoisotopic (exact) mass is 468 g/mol. The molecule has 30 heavy (non-hydrogen) atoms. The Hall–Kier alpha value is -0.260. The summed E-state index contributed by atoms with van der Waals surface area (Å²) in [5.74, 6) is 1.02. The molecule has 0 amide bonds. The Balaban J connectivity index is 0.000000171. The van der Waals surface area contributed by atoms with E-state index in [1.165, 1.54) is 0 Å². The van der Waals surface area contributed by atoms with Gasteiger partial charge in [-0.05, 0) is 61.2 Å². The number of rotatable bonds is 4. The molecule has 0 aliphatic heterocycles. The average Bonchev–Trinajstić information content (AvgIpc) is 3.04. The van der Waals surface area contributed by atoms with Crippen LogP contribution in [0.3, 0.4) is 0 Å². The van der Waals surface area contributed by atoms with Crippen LogP contribution in [0.2, 0.25) is 0 Å². The quantitative estimate of drug-likeness (QED) is 0.592. The van der Waals surface area contributed by atoms with Gasteiger partial charge in [0, 0.05) is 10.8 Å². The molecule has 4 rings (SSSR count). The molecule has 2 N–H and O–H groups in total. The first-order valence-corrected chi connectivity index (χ1v) is 13.4. The van der Waals surface area contributed by atoms with E-state index in [-0.39, 0.29) is 33.9 Å². The Morgan fingerprint density at radius 2 is 0.967 bits per heavy atom. The van der Waals surface area contributed by atoms with Gasteiger partial charge in [0.1, 0.15) is 0 Å². The fourth-order valence-electron chi connectivity index (χ4n) is 6.85. The summed E-state index contributed by atoms with van der Waals surface area (Å²) < 4.78 is 70.1. The van der Waals surface area contributed by atoms with Gasteiger partial charge in [-0.2, -0.15) is 16.8 Å². The highest BCUT2D eigenvalue weighted by molar-refractivity contribution is 7.81. The fraction of sp³-hybridized carbons (Fsp3) is 1.00. The summed E-state index contributed by atoms with van der Waals surface area (Å²) in [6.45, 7) is 12.8. The molecule has 6 unspecified atom stereocenters. The second-order valence-electron chi connectivity index (χ2n) is 11.2. The van der Waals surface area contributed by atoms with Crippen molar-refractivity contribution in [1.82, 2.24) is 0 Å². The van der Waals surface area contributed by atoms with Crippen molar-refractivity contribution in [2.24, 2.45) is 33.5 Å². The van der Waals surface area contributed by atoms with Gasteiger partial charge in [0.2, 0.25) is 0 Å². The van der Waals surface area contributed by atoms with Crippen LogP contribution in [-0.4, -0.2) is 38.1 Å². The number of fused-ring (bicyclic) bond motifs is 4. The van der Waals surface area contributed by atoms with Crippen LogP contribution < -0.4 is 0 Å². The summed E-state index contributed by atoms with van der Waals surface area (Å²) in [7, 11) is -8.64. The fourth-order valence-corrected chi connectivity index (χ4v) is 8.01. The summed E-state index contributed by atoms with van der Waals surface area (Å²) in [5, 5.41) is 0. The van der Waals surface area contributed by atoms with E-state index in [4.69, 9.17) is 17.5 Å². The molecule has 6 atom stereocenters. The van der Waals surface area contributed by atoms with Crippen molar-refractivity contribution in [2.75, 3.05) is 0 Å². The van der Waals surface area contributed by atoms with Crippen LogP contribution in [-0.2, 0) is 29.2 Å². The van der Waals surface area contributed by atoms with Crippen LogP contribution in [0.25, 0.3) is 0 Å². The SMILES string of the molecule is CC1(C)C2CCC1(C)C(OS(=O)(=O)O)C2.CC1(C)C2CCC1(C)C(OS(=O)(=O)O)C2. The highest BCUT2D eigenvalue weighted by atomic mass is 32.3. The van der Waals surface area contributed by atoms with Crippen LogP contribution in [0, 0.1) is 33.5 Å². The average molecular weight is 469 g/mol. The largest absolute Gasteiger partial charge is 0.397 e. The van der Waals surface area contributed by atoms with Gasteiger partial charge >= 0.3 is 20.8 Å². The molecule has 176 valence electrons. The smallest absolute Gasteiger partial charge is 0.264 e. The molecule has 0 aromatic rings. The van der Waals surface area contributed by atoms with Crippen molar-refractivity contribution >= 4 is 20.8 Å². The van der Waals surface area contributed by atoms with Crippen molar-refractivity contribution in [2.45, 2.75) is 92.3 Å². The van der Waals surface area contributed by atoms with Crippen LogP contribution >= 0.6 is 0 Å². The third-order valence-electron chi connectivity index (χ3n) is 9.90. The van der Waals surface area contributed by atoms with Gasteiger partial charge in [-0.15, -0.1) is 0 Å². The Morgan fingerprint density at radius 1 is 0.667 bits per heavy atom. The molecule has 0 saturated heterocycles. The van der Waals surface area contributed by atoms with E-state index in [9.17, 15) is 16.8 Å². The van der Waals surface area contributed by atoms with Crippen LogP contribution in [0.1, 0.15) is 80.1 Å². The molecule has 0 spiro atoms. The first kappa shape index (κ1) is 24.4. The summed E-state index contributed by atoms with van der Waals surface area (Å²) in [4.78, 5) is 0. The van der Waals surface area contributed by atoms with Crippen molar-refractivity contribution in [3.05, 3.63) is 0 Å². The highest BCUT2D eigenvalue weighted by Crippen LogP contribution is 2.67. The highest BCUT2D eigenvalue weighted by Gasteiger charge is 2.63. The standard InChI is InChI=1S/2C10H18O4S/c2*1-9(2)7-4-5-10(9,3)8(6-7)14-15(11,12)13/h2*7-8H,4-6H2,1-3H3,(H,11,12,13). The minimum absolute atomic E-state index is 0.0996. The van der Waals surface area contributed by atoms with Gasteiger partial charge in [-0.25, -0.2) is 8.37 Å². The van der Waals surface area contributed by atoms with Gasteiger partial charge in [-0.1, -0.05) is 41.5 Å². The van der Waals surface area contributed by atoms with Crippen molar-refractivity contribution in [3.63, 3.8) is 0 Å². The zero-order valence-corrected chi connectivity index (χ0v) is 20.3. The first-order chi connectivity index (χ1) is 13.3. The molecule has 0 aromatic carbocycles. The second kappa shape index (κ2) is 7.12. The van der Waals surface area contributed by atoms with Gasteiger partial charge < -0.3 is 0 Å². The molecule has 4 fully saturated rings. The van der Waals surface area contributed by atoms with E-state index < -0.39 is 20.8 Å². The molecule has 10 heteroatoms. The zero-order valence-electron chi connectivity index (χ0n) is 18.7. The van der Waals surface area contributed by atoms with Crippen molar-refractivity contribution in [3.8, 4) is 0 Å². The third kappa shape index (κ3) is 3.85. The topological polar surface area (TPSA) is 127 Å². The molecule has 0 heterocycles. The molecule has 8 nitrogen and oxygen atoms in total. The summed E-state index contributed by atoms with van der Waals surface area (Å²) in [6, 6.07) is 0. The minimum Gasteiger partial charge on any atom is -0.264 e. The molecule has 0 radical (unpaired) electrons. The summed E-state index contributed by atoms with van der Waals surface area (Å²) in [6.07, 6.45) is 4.98. The van der Waals surface area contributed by atoms with Gasteiger partial charge in [-0.3, -0.25) is 9.11 Å². The molecular weight excluding hydrogens is 432 g/mol. The second-order valence-corrected chi connectivity index (χ2v) is 13.3. The van der Waals surface area contributed by atoms with E-state index in [1.807, 2.05) is 0 Å². The van der Waals surface area contributed by atoms with Crippen LogP contribution in [0.4, 0.5) is 0 Å². The lowest BCUT2D eigenvalue weighted by Gasteiger charge is -2.37. The van der Waals surface area contributed by atoms with E-state index in [2.05, 4.69) is 41.5 Å². The maximum atomic E-state index is 10.8. The summed E-state index contributed by atoms with van der Waals surface area (Å²) in [5.41, 5.74) is -0.0638. The van der Waals surface area contributed by atoms with Crippen molar-refractivity contribution < 1.29 is 34.3 Å². The Kier molecular flexibility index (Phi) is 5.79. The van der Waals surface area contributed by atoms with Gasteiger partial charge in [0.15, 0.2) is 0 Å². The predicted molar refractivity (Wildman–Crippen MR) is 111 cm³/mol. The normalized spacial score (nSPS) is 43.5. The van der Waals surface area contributed by atoms with Gasteiger partial charge in [0.05, 0.1) is 12.2 Å². The minimum atomic E-state index is -4.32. The van der Waals surface area contributed by atoms with Crippen LogP contribution in [0.15, 0.2) is 0 Å². The van der Waals surface area contributed by atoms with E-state index in [0.29, 0.717) is 11.8 Å². The Morgan fingerprint density at radius 3 is 1.13 bits per heavy atom. The maximum absolute atomic E-state index is 10.8. The molecule has 4 aliphatic carbocycles. The molecule has 0 aromatic heterocycles. The predicted octanol–water partition coefficient (Wildman–Crippen LogP) is 4.04. The number of hydrogen-bond donors (Lipinski definition) is 2. The molecular formula is C20H36O8S2. The lowest BCUT2D eigenvalue weighted by molar-refractivity contribution is 0.0268. The molecule has 4 aliphatic rings. The Bertz CT molecular complexity index is 820. The van der Waals surface area contributed by atoms with E-state index in [0.717, 1.165) is 38.5 Å². The zero-order chi connectivity index (χ0) is 23.0. The third-order valence-corrected chi connectivity index (χ3v) is 10.9. The molecule has 4 saturated carbocycles. The lowest BCUT2D eigenvalue weighted by Crippen LogP contribution is -2.38. The summed E-state index contributed by atoms with van der Waals surface area (Å²) >= 11 is 0. The lowest BCUT2D eigenvalue weighted by atomic mass is 9.70. The van der Waals surface area contributed by atoms with E-state index in [1.54, 1.807) is 0 Å². The molecule has 4 bridgehead atoms. The van der Waals surface area contributed by atoms with Crippen molar-refractivity contribution in [1.29, 1.82) is 0 Å².